The molecule has 1 fully saturated rings. The van der Waals surface area contributed by atoms with Crippen molar-refractivity contribution in [3.63, 3.8) is 0 Å². The second kappa shape index (κ2) is 11.0. The molecule has 1 heterocycles. The van der Waals surface area contributed by atoms with Crippen LogP contribution < -0.4 is 10.2 Å². The molecule has 0 atom stereocenters. The van der Waals surface area contributed by atoms with Crippen LogP contribution in [-0.2, 0) is 19.7 Å². The first-order chi connectivity index (χ1) is 15.7. The van der Waals surface area contributed by atoms with E-state index in [0.717, 1.165) is 24.3 Å². The fraction of sp³-hybridized carbons (Fsp3) is 0.423. The van der Waals surface area contributed by atoms with E-state index in [1.165, 1.54) is 0 Å². The van der Waals surface area contributed by atoms with Crippen LogP contribution in [-0.4, -0.2) is 62.0 Å². The predicted molar refractivity (Wildman–Crippen MR) is 128 cm³/mol. The second-order valence-corrected chi connectivity index (χ2v) is 9.20. The molecule has 3 rings (SSSR count). The molecule has 0 unspecified atom stereocenters. The van der Waals surface area contributed by atoms with Gasteiger partial charge in [0.2, 0.25) is 0 Å². The Balaban J connectivity index is 1.33. The van der Waals surface area contributed by atoms with Crippen LogP contribution in [0.2, 0.25) is 0 Å². The lowest BCUT2D eigenvalue weighted by Gasteiger charge is -2.36. The predicted octanol–water partition coefficient (Wildman–Crippen LogP) is 3.00. The third-order valence-corrected chi connectivity index (χ3v) is 5.74. The minimum absolute atomic E-state index is 0.0148. The summed E-state index contributed by atoms with van der Waals surface area (Å²) in [6, 6.07) is 17.5. The van der Waals surface area contributed by atoms with Gasteiger partial charge in [-0.2, -0.15) is 0 Å². The third kappa shape index (κ3) is 7.07. The summed E-state index contributed by atoms with van der Waals surface area (Å²) in [6.07, 6.45) is 0.0148. The van der Waals surface area contributed by atoms with Gasteiger partial charge >= 0.3 is 5.97 Å². The Bertz CT molecular complexity index is 944. The molecule has 1 aliphatic heterocycles. The van der Waals surface area contributed by atoms with Crippen LogP contribution in [0.5, 0.6) is 0 Å². The van der Waals surface area contributed by atoms with Gasteiger partial charge < -0.3 is 19.9 Å². The molecule has 1 saturated heterocycles. The number of benzene rings is 2. The minimum Gasteiger partial charge on any atom is -0.456 e. The SMILES string of the molecule is CC(C)(C)c1ccc(C(=O)NCCC(=O)OCC(=O)N2CCN(c3ccccc3)CC2)cc1. The number of hydrogen-bond acceptors (Lipinski definition) is 5. The van der Waals surface area contributed by atoms with Crippen molar-refractivity contribution < 1.29 is 19.1 Å². The first-order valence-electron chi connectivity index (χ1n) is 11.4. The van der Waals surface area contributed by atoms with Crippen LogP contribution in [0, 0.1) is 0 Å². The van der Waals surface area contributed by atoms with E-state index in [0.29, 0.717) is 18.7 Å². The lowest BCUT2D eigenvalue weighted by atomic mass is 9.87. The van der Waals surface area contributed by atoms with Crippen LogP contribution in [0.15, 0.2) is 54.6 Å². The minimum atomic E-state index is -0.505. The maximum Gasteiger partial charge on any atom is 0.308 e. The number of anilines is 1. The normalized spacial score (nSPS) is 14.0. The van der Waals surface area contributed by atoms with Crippen molar-refractivity contribution in [2.75, 3.05) is 44.2 Å². The summed E-state index contributed by atoms with van der Waals surface area (Å²) >= 11 is 0. The molecule has 176 valence electrons. The summed E-state index contributed by atoms with van der Waals surface area (Å²) in [4.78, 5) is 40.6. The summed E-state index contributed by atoms with van der Waals surface area (Å²) in [5.74, 6) is -0.940. The number of amides is 2. The highest BCUT2D eigenvalue weighted by Gasteiger charge is 2.22. The number of para-hydroxylation sites is 1. The monoisotopic (exact) mass is 451 g/mol. The Hall–Kier alpha value is -3.35. The number of carbonyl (C=O) groups excluding carboxylic acids is 3. The van der Waals surface area contributed by atoms with Crippen molar-refractivity contribution in [2.45, 2.75) is 32.6 Å². The number of rotatable bonds is 7. The summed E-state index contributed by atoms with van der Waals surface area (Å²) in [7, 11) is 0. The van der Waals surface area contributed by atoms with Gasteiger partial charge in [0.15, 0.2) is 6.61 Å². The quantitative estimate of drug-likeness (QED) is 0.655. The number of nitrogens with one attached hydrogen (secondary N) is 1. The third-order valence-electron chi connectivity index (χ3n) is 5.74. The van der Waals surface area contributed by atoms with Crippen molar-refractivity contribution in [3.8, 4) is 0 Å². The highest BCUT2D eigenvalue weighted by molar-refractivity contribution is 5.94. The van der Waals surface area contributed by atoms with Crippen LogP contribution in [0.4, 0.5) is 5.69 Å². The van der Waals surface area contributed by atoms with Crippen molar-refractivity contribution in [2.24, 2.45) is 0 Å². The Morgan fingerprint density at radius 2 is 1.55 bits per heavy atom. The van der Waals surface area contributed by atoms with E-state index in [2.05, 4.69) is 43.1 Å². The molecule has 0 saturated carbocycles. The van der Waals surface area contributed by atoms with Crippen LogP contribution in [0.3, 0.4) is 0 Å². The average Bonchev–Trinajstić information content (AvgIpc) is 2.82. The van der Waals surface area contributed by atoms with E-state index in [-0.39, 0.29) is 36.8 Å². The van der Waals surface area contributed by atoms with E-state index in [9.17, 15) is 14.4 Å². The molecule has 2 aromatic carbocycles. The summed E-state index contributed by atoms with van der Waals surface area (Å²) in [5.41, 5.74) is 2.85. The fourth-order valence-electron chi connectivity index (χ4n) is 3.66. The highest BCUT2D eigenvalue weighted by atomic mass is 16.5. The summed E-state index contributed by atoms with van der Waals surface area (Å²) < 4.78 is 5.11. The number of esters is 1. The molecule has 7 heteroatoms. The van der Waals surface area contributed by atoms with Crippen molar-refractivity contribution in [1.29, 1.82) is 0 Å². The van der Waals surface area contributed by atoms with Crippen LogP contribution in [0.25, 0.3) is 0 Å². The largest absolute Gasteiger partial charge is 0.456 e. The smallest absolute Gasteiger partial charge is 0.308 e. The lowest BCUT2D eigenvalue weighted by molar-refractivity contribution is -0.152. The standard InChI is InChI=1S/C26H33N3O4/c1-26(2,3)21-11-9-20(10-12-21)25(32)27-14-13-24(31)33-19-23(30)29-17-15-28(16-18-29)22-7-5-4-6-8-22/h4-12H,13-19H2,1-3H3,(H,27,32). The second-order valence-electron chi connectivity index (χ2n) is 9.20. The first kappa shape index (κ1) is 24.3. The van der Waals surface area contributed by atoms with Gasteiger partial charge in [0.25, 0.3) is 11.8 Å². The van der Waals surface area contributed by atoms with Gasteiger partial charge in [0, 0.05) is 44.0 Å². The Kier molecular flexibility index (Phi) is 8.09. The van der Waals surface area contributed by atoms with Gasteiger partial charge in [0.1, 0.15) is 0 Å². The Labute approximate surface area is 195 Å². The van der Waals surface area contributed by atoms with Crippen molar-refractivity contribution in [3.05, 3.63) is 65.7 Å². The van der Waals surface area contributed by atoms with E-state index in [1.807, 2.05) is 30.3 Å². The van der Waals surface area contributed by atoms with Gasteiger partial charge in [-0.3, -0.25) is 14.4 Å². The van der Waals surface area contributed by atoms with Crippen molar-refractivity contribution in [1.82, 2.24) is 10.2 Å². The van der Waals surface area contributed by atoms with E-state index < -0.39 is 5.97 Å². The molecule has 0 aliphatic carbocycles. The molecule has 0 radical (unpaired) electrons. The fourth-order valence-corrected chi connectivity index (χ4v) is 3.66. The molecule has 0 spiro atoms. The maximum atomic E-state index is 12.4. The zero-order valence-electron chi connectivity index (χ0n) is 19.7. The van der Waals surface area contributed by atoms with Gasteiger partial charge in [-0.15, -0.1) is 0 Å². The molecule has 1 aliphatic rings. The molecule has 1 N–H and O–H groups in total. The van der Waals surface area contributed by atoms with Gasteiger partial charge in [-0.1, -0.05) is 51.1 Å². The van der Waals surface area contributed by atoms with Crippen LogP contribution >= 0.6 is 0 Å². The number of hydrogen-bond donors (Lipinski definition) is 1. The molecule has 0 bridgehead atoms. The molecule has 2 amide bonds. The Morgan fingerprint density at radius 3 is 2.15 bits per heavy atom. The molecular formula is C26H33N3O4. The molecule has 7 nitrogen and oxygen atoms in total. The number of piperazine rings is 1. The summed E-state index contributed by atoms with van der Waals surface area (Å²) in [5, 5.41) is 2.72. The van der Waals surface area contributed by atoms with Crippen LogP contribution in [0.1, 0.15) is 43.1 Å². The zero-order valence-corrected chi connectivity index (χ0v) is 19.7. The topological polar surface area (TPSA) is 78.9 Å². The molecule has 33 heavy (non-hydrogen) atoms. The van der Waals surface area contributed by atoms with E-state index in [4.69, 9.17) is 4.74 Å². The number of nitrogens with zero attached hydrogens (tertiary/aromatic N) is 2. The van der Waals surface area contributed by atoms with E-state index >= 15 is 0 Å². The van der Waals surface area contributed by atoms with Gasteiger partial charge in [-0.25, -0.2) is 0 Å². The molecule has 2 aromatic rings. The van der Waals surface area contributed by atoms with E-state index in [1.54, 1.807) is 17.0 Å². The molecule has 0 aromatic heterocycles. The van der Waals surface area contributed by atoms with Crippen molar-refractivity contribution >= 4 is 23.5 Å². The van der Waals surface area contributed by atoms with Gasteiger partial charge in [-0.05, 0) is 35.2 Å². The maximum absolute atomic E-state index is 12.4. The lowest BCUT2D eigenvalue weighted by Crippen LogP contribution is -2.49. The number of carbonyl (C=O) groups is 3. The first-order valence-corrected chi connectivity index (χ1v) is 11.4. The highest BCUT2D eigenvalue weighted by Crippen LogP contribution is 2.22. The van der Waals surface area contributed by atoms with Gasteiger partial charge in [0.05, 0.1) is 6.42 Å². The number of ether oxygens (including phenoxy) is 1. The average molecular weight is 452 g/mol. The zero-order chi connectivity index (χ0) is 23.8. The Morgan fingerprint density at radius 1 is 0.909 bits per heavy atom. The summed E-state index contributed by atoms with van der Waals surface area (Å²) in [6.45, 7) is 8.90. The molecular weight excluding hydrogens is 418 g/mol.